The van der Waals surface area contributed by atoms with E-state index in [0.717, 1.165) is 33.2 Å². The maximum Gasteiger partial charge on any atom is 0.134 e. The molecule has 0 aliphatic heterocycles. The quantitative estimate of drug-likeness (QED) is 0.766. The molecule has 0 fully saturated rings. The maximum absolute atomic E-state index is 5.93. The maximum atomic E-state index is 5.93. The molecule has 0 bridgehead atoms. The zero-order valence-corrected chi connectivity index (χ0v) is 12.5. The summed E-state index contributed by atoms with van der Waals surface area (Å²) in [5.41, 5.74) is 0. The van der Waals surface area contributed by atoms with Crippen LogP contribution < -0.4 is 10.1 Å². The fraction of sp³-hybridized carbons (Fsp3) is 0.133. The topological polar surface area (TPSA) is 34.1 Å². The number of nitrogens with one attached hydrogen (secondary N) is 1. The molecule has 0 unspecified atom stereocenters. The first kappa shape index (κ1) is 13.2. The van der Waals surface area contributed by atoms with Gasteiger partial charge in [0.1, 0.15) is 11.6 Å². The lowest BCUT2D eigenvalue weighted by Gasteiger charge is -2.08. The highest BCUT2D eigenvalue weighted by Gasteiger charge is 2.04. The van der Waals surface area contributed by atoms with Gasteiger partial charge in [0.05, 0.1) is 18.0 Å². The molecule has 0 atom stereocenters. The van der Waals surface area contributed by atoms with Crippen molar-refractivity contribution in [1.29, 1.82) is 0 Å². The number of aromatic nitrogens is 1. The second-order valence-electron chi connectivity index (χ2n) is 4.31. The molecule has 0 radical (unpaired) electrons. The average Bonchev–Trinajstić information content (AvgIpc) is 2.90. The van der Waals surface area contributed by atoms with Crippen molar-refractivity contribution < 1.29 is 4.74 Å². The Bertz CT molecular complexity index is 742. The van der Waals surface area contributed by atoms with Gasteiger partial charge in [0.2, 0.25) is 0 Å². The van der Waals surface area contributed by atoms with Crippen LogP contribution in [-0.4, -0.2) is 12.1 Å². The molecule has 1 N–H and O–H groups in total. The number of hydrogen-bond acceptors (Lipinski definition) is 4. The van der Waals surface area contributed by atoms with Gasteiger partial charge < -0.3 is 10.1 Å². The fourth-order valence-electron chi connectivity index (χ4n) is 2.04. The summed E-state index contributed by atoms with van der Waals surface area (Å²) in [5, 5.41) is 5.54. The van der Waals surface area contributed by atoms with Crippen molar-refractivity contribution in [3.8, 4) is 5.75 Å². The van der Waals surface area contributed by atoms with Crippen molar-refractivity contribution in [3.05, 3.63) is 51.8 Å². The lowest BCUT2D eigenvalue weighted by atomic mass is 10.1. The van der Waals surface area contributed by atoms with Gasteiger partial charge in [0, 0.05) is 16.5 Å². The molecule has 3 aromatic rings. The number of nitrogens with zero attached hydrogens (tertiary/aromatic N) is 1. The smallest absolute Gasteiger partial charge is 0.134 e. The van der Waals surface area contributed by atoms with E-state index in [1.807, 2.05) is 36.4 Å². The normalized spacial score (nSPS) is 10.7. The van der Waals surface area contributed by atoms with E-state index < -0.39 is 0 Å². The number of ether oxygens (including phenoxy) is 1. The highest BCUT2D eigenvalue weighted by atomic mass is 35.5. The second-order valence-corrected chi connectivity index (χ2v) is 6.11. The highest BCUT2D eigenvalue weighted by Crippen LogP contribution is 2.27. The number of halogens is 1. The van der Waals surface area contributed by atoms with Crippen molar-refractivity contribution in [2.75, 3.05) is 12.4 Å². The molecule has 3 nitrogen and oxygen atoms in total. The molecule has 2 aromatic heterocycles. The van der Waals surface area contributed by atoms with Crippen LogP contribution in [0.2, 0.25) is 4.34 Å². The first-order chi connectivity index (χ1) is 9.76. The van der Waals surface area contributed by atoms with E-state index in [2.05, 4.69) is 10.3 Å². The number of benzene rings is 1. The molecule has 2 heterocycles. The Kier molecular flexibility index (Phi) is 3.76. The number of methoxy groups -OCH3 is 1. The number of anilines is 1. The van der Waals surface area contributed by atoms with Gasteiger partial charge in [-0.15, -0.1) is 11.3 Å². The molecule has 0 saturated heterocycles. The summed E-state index contributed by atoms with van der Waals surface area (Å²) < 4.78 is 6.04. The Labute approximate surface area is 126 Å². The van der Waals surface area contributed by atoms with Gasteiger partial charge in [-0.2, -0.15) is 0 Å². The van der Waals surface area contributed by atoms with Crippen molar-refractivity contribution in [1.82, 2.24) is 4.98 Å². The summed E-state index contributed by atoms with van der Waals surface area (Å²) in [7, 11) is 1.67. The zero-order valence-electron chi connectivity index (χ0n) is 10.9. The molecule has 3 rings (SSSR count). The van der Waals surface area contributed by atoms with Crippen LogP contribution in [0.5, 0.6) is 5.75 Å². The average molecular weight is 305 g/mol. The van der Waals surface area contributed by atoms with E-state index in [9.17, 15) is 0 Å². The van der Waals surface area contributed by atoms with Crippen LogP contribution in [0, 0.1) is 0 Å². The van der Waals surface area contributed by atoms with Gasteiger partial charge in [0.25, 0.3) is 0 Å². The fourth-order valence-corrected chi connectivity index (χ4v) is 3.07. The van der Waals surface area contributed by atoms with Gasteiger partial charge >= 0.3 is 0 Å². The predicted octanol–water partition coefficient (Wildman–Crippen LogP) is 4.57. The third-order valence-corrected chi connectivity index (χ3v) is 4.26. The van der Waals surface area contributed by atoms with E-state index in [-0.39, 0.29) is 0 Å². The van der Waals surface area contributed by atoms with Crippen LogP contribution in [-0.2, 0) is 6.54 Å². The molecule has 0 saturated carbocycles. The molecule has 0 aliphatic carbocycles. The number of hydrogen-bond donors (Lipinski definition) is 1. The third kappa shape index (κ3) is 2.71. The summed E-state index contributed by atoms with van der Waals surface area (Å²) >= 11 is 7.51. The Morgan fingerprint density at radius 1 is 1.25 bits per heavy atom. The van der Waals surface area contributed by atoms with Crippen LogP contribution in [0.25, 0.3) is 10.8 Å². The van der Waals surface area contributed by atoms with E-state index in [1.54, 1.807) is 24.6 Å². The monoisotopic (exact) mass is 304 g/mol. The van der Waals surface area contributed by atoms with Crippen molar-refractivity contribution in [2.24, 2.45) is 0 Å². The van der Waals surface area contributed by atoms with Crippen molar-refractivity contribution >= 4 is 39.5 Å². The lowest BCUT2D eigenvalue weighted by molar-refractivity contribution is 0.415. The van der Waals surface area contributed by atoms with Gasteiger partial charge in [0.15, 0.2) is 0 Å². The molecule has 0 spiro atoms. The van der Waals surface area contributed by atoms with Crippen LogP contribution in [0.15, 0.2) is 42.6 Å². The molecule has 0 aliphatic rings. The highest BCUT2D eigenvalue weighted by molar-refractivity contribution is 7.16. The minimum atomic E-state index is 0.718. The number of pyridine rings is 1. The van der Waals surface area contributed by atoms with Gasteiger partial charge in [-0.25, -0.2) is 4.98 Å². The van der Waals surface area contributed by atoms with E-state index in [0.29, 0.717) is 0 Å². The first-order valence-electron chi connectivity index (χ1n) is 6.17. The number of thiophene rings is 1. The van der Waals surface area contributed by atoms with E-state index in [4.69, 9.17) is 16.3 Å². The third-order valence-electron chi connectivity index (χ3n) is 3.03. The molecular formula is C15H13ClN2OS. The van der Waals surface area contributed by atoms with E-state index >= 15 is 0 Å². The number of rotatable bonds is 4. The van der Waals surface area contributed by atoms with Crippen molar-refractivity contribution in [3.63, 3.8) is 0 Å². The SMILES string of the molecule is COc1ccc2c(NCc3ccc(Cl)s3)nccc2c1. The van der Waals surface area contributed by atoms with Gasteiger partial charge in [-0.1, -0.05) is 11.6 Å². The summed E-state index contributed by atoms with van der Waals surface area (Å²) in [5.74, 6) is 1.72. The van der Waals surface area contributed by atoms with Crippen LogP contribution in [0.1, 0.15) is 4.88 Å². The number of fused-ring (bicyclic) bond motifs is 1. The zero-order chi connectivity index (χ0) is 13.9. The second kappa shape index (κ2) is 5.69. The van der Waals surface area contributed by atoms with Crippen LogP contribution in [0.3, 0.4) is 0 Å². The van der Waals surface area contributed by atoms with Crippen LogP contribution in [0.4, 0.5) is 5.82 Å². The molecule has 20 heavy (non-hydrogen) atoms. The summed E-state index contributed by atoms with van der Waals surface area (Å²) in [4.78, 5) is 5.59. The minimum Gasteiger partial charge on any atom is -0.497 e. The van der Waals surface area contributed by atoms with Crippen LogP contribution >= 0.6 is 22.9 Å². The van der Waals surface area contributed by atoms with Gasteiger partial charge in [-0.05, 0) is 41.8 Å². The predicted molar refractivity (Wildman–Crippen MR) is 85.0 cm³/mol. The Morgan fingerprint density at radius 3 is 2.90 bits per heavy atom. The summed E-state index contributed by atoms with van der Waals surface area (Å²) in [6.07, 6.45) is 1.80. The molecule has 0 amide bonds. The summed E-state index contributed by atoms with van der Waals surface area (Å²) in [6.45, 7) is 0.718. The van der Waals surface area contributed by atoms with E-state index in [1.165, 1.54) is 4.88 Å². The largest absolute Gasteiger partial charge is 0.497 e. The minimum absolute atomic E-state index is 0.718. The molecule has 1 aromatic carbocycles. The Morgan fingerprint density at radius 2 is 2.15 bits per heavy atom. The first-order valence-corrected chi connectivity index (χ1v) is 7.36. The lowest BCUT2D eigenvalue weighted by Crippen LogP contribution is -2.00. The summed E-state index contributed by atoms with van der Waals surface area (Å²) in [6, 6.07) is 11.9. The Balaban J connectivity index is 1.87. The molecular weight excluding hydrogens is 292 g/mol. The molecule has 102 valence electrons. The Hall–Kier alpha value is -1.78. The molecule has 5 heteroatoms. The van der Waals surface area contributed by atoms with Gasteiger partial charge in [-0.3, -0.25) is 0 Å². The standard InChI is InChI=1S/C15H13ClN2OS/c1-19-11-2-4-13-10(8-11)6-7-17-15(13)18-9-12-3-5-14(16)20-12/h2-8H,9H2,1H3,(H,17,18). The van der Waals surface area contributed by atoms with Crippen molar-refractivity contribution in [2.45, 2.75) is 6.54 Å².